The Morgan fingerprint density at radius 1 is 1.03 bits per heavy atom. The van der Waals surface area contributed by atoms with E-state index in [-0.39, 0.29) is 12.5 Å². The Labute approximate surface area is 179 Å². The molecule has 0 bridgehead atoms. The number of hydrogen-bond donors (Lipinski definition) is 1. The summed E-state index contributed by atoms with van der Waals surface area (Å²) < 4.78 is 25.7. The molecule has 0 unspecified atom stereocenters. The van der Waals surface area contributed by atoms with Gasteiger partial charge in [0.1, 0.15) is 6.54 Å². The quantitative estimate of drug-likeness (QED) is 0.697. The molecule has 0 atom stereocenters. The van der Waals surface area contributed by atoms with Crippen LogP contribution < -0.4 is 14.5 Å². The maximum atomic E-state index is 12.5. The van der Waals surface area contributed by atoms with Crippen LogP contribution in [0.15, 0.2) is 48.5 Å². The Morgan fingerprint density at radius 2 is 1.63 bits per heavy atom. The van der Waals surface area contributed by atoms with Gasteiger partial charge in [-0.15, -0.1) is 0 Å². The zero-order valence-corrected chi connectivity index (χ0v) is 18.8. The lowest BCUT2D eigenvalue weighted by atomic mass is 10.0. The van der Waals surface area contributed by atoms with Crippen molar-refractivity contribution in [2.75, 3.05) is 35.1 Å². The summed E-state index contributed by atoms with van der Waals surface area (Å²) in [5.74, 6) is 0.0165. The Hall–Kier alpha value is -2.54. The number of sulfonamides is 1. The molecule has 162 valence electrons. The SMILES string of the molecule is CC(C)c1ccc(N(CC(=O)NCc2ccc(N3CCCC3)cc2)S(C)(=O)=O)cc1. The van der Waals surface area contributed by atoms with E-state index in [0.29, 0.717) is 18.2 Å². The lowest BCUT2D eigenvalue weighted by molar-refractivity contribution is -0.119. The molecule has 1 amide bonds. The molecule has 0 spiro atoms. The van der Waals surface area contributed by atoms with Gasteiger partial charge in [0.2, 0.25) is 15.9 Å². The number of carbonyl (C=O) groups excluding carboxylic acids is 1. The highest BCUT2D eigenvalue weighted by Crippen LogP contribution is 2.22. The van der Waals surface area contributed by atoms with Gasteiger partial charge in [0, 0.05) is 25.3 Å². The molecule has 1 aliphatic rings. The van der Waals surface area contributed by atoms with Gasteiger partial charge in [0.15, 0.2) is 0 Å². The minimum Gasteiger partial charge on any atom is -0.372 e. The summed E-state index contributed by atoms with van der Waals surface area (Å²) >= 11 is 0. The summed E-state index contributed by atoms with van der Waals surface area (Å²) in [6.45, 7) is 6.46. The molecule has 2 aromatic carbocycles. The lowest BCUT2D eigenvalue weighted by Gasteiger charge is -2.22. The van der Waals surface area contributed by atoms with Gasteiger partial charge in [0.25, 0.3) is 0 Å². The first kappa shape index (κ1) is 22.2. The minimum absolute atomic E-state index is 0.244. The van der Waals surface area contributed by atoms with Crippen molar-refractivity contribution in [1.29, 1.82) is 0 Å². The number of nitrogens with zero attached hydrogens (tertiary/aromatic N) is 2. The van der Waals surface area contributed by atoms with Gasteiger partial charge < -0.3 is 10.2 Å². The molecule has 2 aromatic rings. The van der Waals surface area contributed by atoms with Crippen LogP contribution in [-0.4, -0.2) is 40.2 Å². The van der Waals surface area contributed by atoms with Crippen molar-refractivity contribution in [3.8, 4) is 0 Å². The molecular weight excluding hydrogens is 398 g/mol. The van der Waals surface area contributed by atoms with Crippen LogP contribution in [0.1, 0.15) is 43.7 Å². The van der Waals surface area contributed by atoms with Crippen LogP contribution in [0.4, 0.5) is 11.4 Å². The third-order valence-electron chi connectivity index (χ3n) is 5.43. The fourth-order valence-electron chi connectivity index (χ4n) is 3.61. The second-order valence-electron chi connectivity index (χ2n) is 8.15. The van der Waals surface area contributed by atoms with E-state index in [2.05, 4.69) is 36.2 Å². The van der Waals surface area contributed by atoms with E-state index in [1.807, 2.05) is 24.3 Å². The number of rotatable bonds is 8. The van der Waals surface area contributed by atoms with Gasteiger partial charge in [-0.25, -0.2) is 8.42 Å². The standard InChI is InChI=1S/C23H31N3O3S/c1-18(2)20-8-12-22(13-9-20)26(30(3,28)29)17-23(27)24-16-19-6-10-21(11-7-19)25-14-4-5-15-25/h6-13,18H,4-5,14-17H2,1-3H3,(H,24,27). The first-order valence-electron chi connectivity index (χ1n) is 10.4. The largest absolute Gasteiger partial charge is 0.372 e. The summed E-state index contributed by atoms with van der Waals surface area (Å²) in [7, 11) is -3.58. The molecular formula is C23H31N3O3S. The molecule has 0 aromatic heterocycles. The number of benzene rings is 2. The second kappa shape index (κ2) is 9.51. The van der Waals surface area contributed by atoms with Crippen molar-refractivity contribution in [2.24, 2.45) is 0 Å². The minimum atomic E-state index is -3.58. The number of nitrogens with one attached hydrogen (secondary N) is 1. The fourth-order valence-corrected chi connectivity index (χ4v) is 4.47. The Morgan fingerprint density at radius 3 is 2.17 bits per heavy atom. The predicted molar refractivity (Wildman–Crippen MR) is 122 cm³/mol. The highest BCUT2D eigenvalue weighted by Gasteiger charge is 2.21. The molecule has 1 N–H and O–H groups in total. The van der Waals surface area contributed by atoms with Crippen molar-refractivity contribution >= 4 is 27.3 Å². The van der Waals surface area contributed by atoms with Gasteiger partial charge in [0.05, 0.1) is 11.9 Å². The molecule has 3 rings (SSSR count). The summed E-state index contributed by atoms with van der Waals surface area (Å²) in [6, 6.07) is 15.5. The van der Waals surface area contributed by atoms with Crippen LogP contribution in [0.2, 0.25) is 0 Å². The molecule has 6 nitrogen and oxygen atoms in total. The van der Waals surface area contributed by atoms with Crippen LogP contribution in [0.25, 0.3) is 0 Å². The summed E-state index contributed by atoms with van der Waals surface area (Å²) in [4.78, 5) is 14.8. The maximum Gasteiger partial charge on any atom is 0.241 e. The molecule has 0 radical (unpaired) electrons. The molecule has 1 fully saturated rings. The van der Waals surface area contributed by atoms with Crippen LogP contribution in [-0.2, 0) is 21.4 Å². The van der Waals surface area contributed by atoms with E-state index in [1.54, 1.807) is 12.1 Å². The zero-order chi connectivity index (χ0) is 21.7. The average molecular weight is 430 g/mol. The normalized spacial score (nSPS) is 14.2. The molecule has 1 saturated heterocycles. The lowest BCUT2D eigenvalue weighted by Crippen LogP contribution is -2.40. The van der Waals surface area contributed by atoms with E-state index < -0.39 is 10.0 Å². The van der Waals surface area contributed by atoms with E-state index in [4.69, 9.17) is 0 Å². The van der Waals surface area contributed by atoms with Gasteiger partial charge in [-0.3, -0.25) is 9.10 Å². The third-order valence-corrected chi connectivity index (χ3v) is 6.57. The Balaban J connectivity index is 1.60. The fraction of sp³-hybridized carbons (Fsp3) is 0.435. The highest BCUT2D eigenvalue weighted by atomic mass is 32.2. The number of hydrogen-bond acceptors (Lipinski definition) is 4. The predicted octanol–water partition coefficient (Wildman–Crippen LogP) is 3.49. The molecule has 1 heterocycles. The monoisotopic (exact) mass is 429 g/mol. The van der Waals surface area contributed by atoms with E-state index in [1.165, 1.54) is 18.5 Å². The Kier molecular flexibility index (Phi) is 7.02. The number of anilines is 2. The van der Waals surface area contributed by atoms with Gasteiger partial charge in [-0.1, -0.05) is 38.1 Å². The maximum absolute atomic E-state index is 12.5. The van der Waals surface area contributed by atoms with E-state index >= 15 is 0 Å². The molecule has 7 heteroatoms. The molecule has 0 aliphatic carbocycles. The Bertz CT molecular complexity index is 948. The van der Waals surface area contributed by atoms with E-state index in [9.17, 15) is 13.2 Å². The number of amides is 1. The van der Waals surface area contributed by atoms with Gasteiger partial charge in [-0.05, 0) is 54.2 Å². The first-order chi connectivity index (χ1) is 14.2. The molecule has 0 saturated carbocycles. The van der Waals surface area contributed by atoms with Crippen LogP contribution in [0, 0.1) is 0 Å². The number of carbonyl (C=O) groups is 1. The van der Waals surface area contributed by atoms with Crippen molar-refractivity contribution < 1.29 is 13.2 Å². The topological polar surface area (TPSA) is 69.7 Å². The third kappa shape index (κ3) is 5.75. The van der Waals surface area contributed by atoms with Gasteiger partial charge >= 0.3 is 0 Å². The van der Waals surface area contributed by atoms with Crippen LogP contribution in [0.3, 0.4) is 0 Å². The van der Waals surface area contributed by atoms with Crippen LogP contribution >= 0.6 is 0 Å². The first-order valence-corrected chi connectivity index (χ1v) is 12.3. The molecule has 30 heavy (non-hydrogen) atoms. The van der Waals surface area contributed by atoms with Crippen molar-refractivity contribution in [3.63, 3.8) is 0 Å². The van der Waals surface area contributed by atoms with Crippen molar-refractivity contribution in [3.05, 3.63) is 59.7 Å². The smallest absolute Gasteiger partial charge is 0.241 e. The summed E-state index contributed by atoms with van der Waals surface area (Å²) in [5.41, 5.74) is 3.80. The molecule has 1 aliphatic heterocycles. The van der Waals surface area contributed by atoms with E-state index in [0.717, 1.165) is 34.8 Å². The zero-order valence-electron chi connectivity index (χ0n) is 18.0. The van der Waals surface area contributed by atoms with Crippen LogP contribution in [0.5, 0.6) is 0 Å². The highest BCUT2D eigenvalue weighted by molar-refractivity contribution is 7.92. The van der Waals surface area contributed by atoms with Crippen molar-refractivity contribution in [2.45, 2.75) is 39.2 Å². The second-order valence-corrected chi connectivity index (χ2v) is 10.1. The van der Waals surface area contributed by atoms with Gasteiger partial charge in [-0.2, -0.15) is 0 Å². The average Bonchev–Trinajstić information content (AvgIpc) is 3.25. The summed E-state index contributed by atoms with van der Waals surface area (Å²) in [5, 5.41) is 2.83. The van der Waals surface area contributed by atoms with Crippen molar-refractivity contribution in [1.82, 2.24) is 5.32 Å². The summed E-state index contributed by atoms with van der Waals surface area (Å²) in [6.07, 6.45) is 3.58.